The smallest absolute Gasteiger partial charge is 0.197 e. The van der Waals surface area contributed by atoms with Crippen LogP contribution in [0.15, 0.2) is 40.7 Å². The summed E-state index contributed by atoms with van der Waals surface area (Å²) in [5, 5.41) is 7.57. The SMILES string of the molecule is CC(C)(C)C1(c2ccccc2)N=NOO1. The summed E-state index contributed by atoms with van der Waals surface area (Å²) in [6.45, 7) is 6.11. The Morgan fingerprint density at radius 2 is 1.80 bits per heavy atom. The molecule has 2 rings (SSSR count). The molecule has 80 valence electrons. The number of benzene rings is 1. The summed E-state index contributed by atoms with van der Waals surface area (Å²) in [6.07, 6.45) is 0. The molecule has 0 saturated carbocycles. The average molecular weight is 206 g/mol. The Morgan fingerprint density at radius 1 is 1.13 bits per heavy atom. The molecule has 4 nitrogen and oxygen atoms in total. The standard InChI is InChI=1S/C11H14N2O2/c1-10(2,3)11(12-13-15-14-11)9-7-5-4-6-8-9/h4-8H,1-3H3. The summed E-state index contributed by atoms with van der Waals surface area (Å²) in [7, 11) is 0. The van der Waals surface area contributed by atoms with Gasteiger partial charge in [0.1, 0.15) is 0 Å². The van der Waals surface area contributed by atoms with E-state index in [1.807, 2.05) is 51.1 Å². The molecule has 0 spiro atoms. The molecule has 0 amide bonds. The highest BCUT2D eigenvalue weighted by atomic mass is 17.3. The Labute approximate surface area is 88.8 Å². The quantitative estimate of drug-likeness (QED) is 0.662. The molecule has 1 aliphatic rings. The lowest BCUT2D eigenvalue weighted by molar-refractivity contribution is -0.354. The molecule has 15 heavy (non-hydrogen) atoms. The number of hydrogen-bond donors (Lipinski definition) is 0. The molecule has 1 aliphatic heterocycles. The lowest BCUT2D eigenvalue weighted by Gasteiger charge is -2.33. The summed E-state index contributed by atoms with van der Waals surface area (Å²) in [6, 6.07) is 9.75. The molecular formula is C11H14N2O2. The van der Waals surface area contributed by atoms with E-state index in [0.29, 0.717) is 0 Å². The van der Waals surface area contributed by atoms with Crippen LogP contribution >= 0.6 is 0 Å². The second-order valence-corrected chi connectivity index (χ2v) is 4.60. The predicted octanol–water partition coefficient (Wildman–Crippen LogP) is 3.21. The fourth-order valence-corrected chi connectivity index (χ4v) is 1.64. The van der Waals surface area contributed by atoms with E-state index in [0.717, 1.165) is 5.56 Å². The molecule has 1 heterocycles. The van der Waals surface area contributed by atoms with Crippen LogP contribution in [0.3, 0.4) is 0 Å². The third kappa shape index (κ3) is 1.51. The molecule has 0 bridgehead atoms. The van der Waals surface area contributed by atoms with Gasteiger partial charge in [-0.2, -0.15) is 4.99 Å². The first kappa shape index (κ1) is 10.1. The highest BCUT2D eigenvalue weighted by Crippen LogP contribution is 2.46. The molecule has 1 unspecified atom stereocenters. The normalized spacial score (nSPS) is 25.3. The third-order valence-electron chi connectivity index (χ3n) is 2.55. The summed E-state index contributed by atoms with van der Waals surface area (Å²) in [5.74, 6) is 0. The van der Waals surface area contributed by atoms with Crippen LogP contribution in [-0.4, -0.2) is 0 Å². The van der Waals surface area contributed by atoms with Crippen LogP contribution < -0.4 is 0 Å². The van der Waals surface area contributed by atoms with Gasteiger partial charge in [-0.1, -0.05) is 51.1 Å². The number of nitrogens with zero attached hydrogens (tertiary/aromatic N) is 2. The molecule has 0 saturated heterocycles. The van der Waals surface area contributed by atoms with Crippen molar-refractivity contribution in [3.05, 3.63) is 35.9 Å². The fraction of sp³-hybridized carbons (Fsp3) is 0.455. The van der Waals surface area contributed by atoms with Gasteiger partial charge in [0.05, 0.1) is 5.28 Å². The van der Waals surface area contributed by atoms with Crippen LogP contribution in [0.5, 0.6) is 0 Å². The van der Waals surface area contributed by atoms with Crippen molar-refractivity contribution in [3.8, 4) is 0 Å². The first-order valence-corrected chi connectivity index (χ1v) is 4.89. The highest BCUT2D eigenvalue weighted by Gasteiger charge is 2.50. The Bertz CT molecular complexity index is 370. The van der Waals surface area contributed by atoms with Crippen molar-refractivity contribution < 1.29 is 9.88 Å². The fourth-order valence-electron chi connectivity index (χ4n) is 1.64. The molecule has 0 N–H and O–H groups in total. The maximum absolute atomic E-state index is 5.26. The monoisotopic (exact) mass is 206 g/mol. The zero-order valence-corrected chi connectivity index (χ0v) is 9.10. The Hall–Kier alpha value is -1.42. The maximum atomic E-state index is 5.26. The van der Waals surface area contributed by atoms with Crippen LogP contribution in [0, 0.1) is 5.41 Å². The van der Waals surface area contributed by atoms with Gasteiger partial charge in [0.2, 0.25) is 0 Å². The van der Waals surface area contributed by atoms with E-state index in [4.69, 9.17) is 4.89 Å². The van der Waals surface area contributed by atoms with E-state index in [9.17, 15) is 0 Å². The largest absolute Gasteiger partial charge is 0.259 e. The third-order valence-corrected chi connectivity index (χ3v) is 2.55. The lowest BCUT2D eigenvalue weighted by Crippen LogP contribution is -2.38. The van der Waals surface area contributed by atoms with Crippen molar-refractivity contribution in [2.45, 2.75) is 26.5 Å². The van der Waals surface area contributed by atoms with E-state index in [1.165, 1.54) is 0 Å². The molecule has 0 fully saturated rings. The van der Waals surface area contributed by atoms with Crippen molar-refractivity contribution in [1.82, 2.24) is 0 Å². The first-order valence-electron chi connectivity index (χ1n) is 4.89. The van der Waals surface area contributed by atoms with Crippen molar-refractivity contribution in [1.29, 1.82) is 0 Å². The molecule has 0 aromatic heterocycles. The van der Waals surface area contributed by atoms with E-state index in [2.05, 4.69) is 15.4 Å². The molecule has 1 aromatic carbocycles. The summed E-state index contributed by atoms with van der Waals surface area (Å²) in [4.78, 5) is 9.86. The highest BCUT2D eigenvalue weighted by molar-refractivity contribution is 5.24. The summed E-state index contributed by atoms with van der Waals surface area (Å²) < 4.78 is 0. The Balaban J connectivity index is 2.50. The average Bonchev–Trinajstić information content (AvgIpc) is 2.68. The number of rotatable bonds is 1. The Kier molecular flexibility index (Phi) is 2.23. The molecule has 0 aliphatic carbocycles. The summed E-state index contributed by atoms with van der Waals surface area (Å²) >= 11 is 0. The van der Waals surface area contributed by atoms with Gasteiger partial charge in [-0.15, -0.1) is 10.0 Å². The second kappa shape index (κ2) is 3.31. The number of hydrogen-bond acceptors (Lipinski definition) is 4. The van der Waals surface area contributed by atoms with E-state index in [-0.39, 0.29) is 5.41 Å². The van der Waals surface area contributed by atoms with Gasteiger partial charge in [-0.3, -0.25) is 0 Å². The molecular weight excluding hydrogens is 192 g/mol. The minimum absolute atomic E-state index is 0.228. The molecule has 0 radical (unpaired) electrons. The molecule has 1 atom stereocenters. The summed E-state index contributed by atoms with van der Waals surface area (Å²) in [5.41, 5.74) is -0.124. The van der Waals surface area contributed by atoms with Crippen LogP contribution in [-0.2, 0) is 15.6 Å². The van der Waals surface area contributed by atoms with Gasteiger partial charge >= 0.3 is 0 Å². The van der Waals surface area contributed by atoms with Crippen molar-refractivity contribution in [2.75, 3.05) is 0 Å². The van der Waals surface area contributed by atoms with E-state index < -0.39 is 5.72 Å². The first-order chi connectivity index (χ1) is 7.06. The second-order valence-electron chi connectivity index (χ2n) is 4.60. The van der Waals surface area contributed by atoms with Gasteiger partial charge in [-0.05, 0) is 0 Å². The van der Waals surface area contributed by atoms with Crippen LogP contribution in [0.4, 0.5) is 0 Å². The topological polar surface area (TPSA) is 43.2 Å². The zero-order valence-electron chi connectivity index (χ0n) is 9.10. The maximum Gasteiger partial charge on any atom is 0.259 e. The van der Waals surface area contributed by atoms with Gasteiger partial charge < -0.3 is 0 Å². The van der Waals surface area contributed by atoms with Gasteiger partial charge in [0.15, 0.2) is 0 Å². The van der Waals surface area contributed by atoms with Crippen molar-refractivity contribution in [3.63, 3.8) is 0 Å². The van der Waals surface area contributed by atoms with Crippen molar-refractivity contribution in [2.24, 2.45) is 15.8 Å². The minimum Gasteiger partial charge on any atom is -0.197 e. The van der Waals surface area contributed by atoms with Crippen LogP contribution in [0.2, 0.25) is 0 Å². The predicted molar refractivity (Wildman–Crippen MR) is 54.6 cm³/mol. The van der Waals surface area contributed by atoms with E-state index >= 15 is 0 Å². The molecule has 4 heteroatoms. The van der Waals surface area contributed by atoms with Crippen LogP contribution in [0.25, 0.3) is 0 Å². The van der Waals surface area contributed by atoms with Gasteiger partial charge in [0, 0.05) is 11.0 Å². The molecule has 1 aromatic rings. The Morgan fingerprint density at radius 3 is 2.27 bits per heavy atom. The lowest BCUT2D eigenvalue weighted by atomic mass is 9.79. The minimum atomic E-state index is -0.839. The van der Waals surface area contributed by atoms with Gasteiger partial charge in [0.25, 0.3) is 5.72 Å². The van der Waals surface area contributed by atoms with Gasteiger partial charge in [-0.25, -0.2) is 0 Å². The zero-order chi connectivity index (χ0) is 10.9. The van der Waals surface area contributed by atoms with Crippen molar-refractivity contribution >= 4 is 0 Å². The van der Waals surface area contributed by atoms with E-state index in [1.54, 1.807) is 0 Å². The van der Waals surface area contributed by atoms with Crippen LogP contribution in [0.1, 0.15) is 26.3 Å².